The minimum atomic E-state index is -3.47. The van der Waals surface area contributed by atoms with Gasteiger partial charge in [-0.05, 0) is 18.2 Å². The van der Waals surface area contributed by atoms with Crippen molar-refractivity contribution in [3.05, 3.63) is 29.3 Å². The molecule has 0 aliphatic heterocycles. The number of carbonyl (C=O) groups is 2. The van der Waals surface area contributed by atoms with Gasteiger partial charge in [-0.1, -0.05) is 0 Å². The molecule has 0 atom stereocenters. The van der Waals surface area contributed by atoms with E-state index >= 15 is 0 Å². The van der Waals surface area contributed by atoms with Crippen LogP contribution in [0.15, 0.2) is 23.1 Å². The molecule has 1 aromatic rings. The Balaban J connectivity index is 3.44. The Labute approximate surface area is 93.0 Å². The molecular weight excluding hydrogens is 232 g/mol. The van der Waals surface area contributed by atoms with E-state index in [2.05, 4.69) is 4.74 Å². The molecule has 0 aliphatic carbocycles. The standard InChI is InChI=1S/C10H10O5S/c1-15-10(12)8-3-7(6-11)4-9(5-8)16(2,13)14/h3-6H,1-2H3. The summed E-state index contributed by atoms with van der Waals surface area (Å²) >= 11 is 0. The van der Waals surface area contributed by atoms with Gasteiger partial charge in [0.2, 0.25) is 0 Å². The minimum Gasteiger partial charge on any atom is -0.465 e. The molecule has 0 heterocycles. The van der Waals surface area contributed by atoms with E-state index in [-0.39, 0.29) is 16.0 Å². The molecule has 0 fully saturated rings. The molecule has 16 heavy (non-hydrogen) atoms. The maximum atomic E-state index is 11.3. The van der Waals surface area contributed by atoms with Crippen molar-refractivity contribution in [1.82, 2.24) is 0 Å². The lowest BCUT2D eigenvalue weighted by Crippen LogP contribution is -2.06. The fraction of sp³-hybridized carbons (Fsp3) is 0.200. The highest BCUT2D eigenvalue weighted by Crippen LogP contribution is 2.15. The number of methoxy groups -OCH3 is 1. The molecule has 0 saturated heterocycles. The molecule has 1 rings (SSSR count). The summed E-state index contributed by atoms with van der Waals surface area (Å²) in [6.07, 6.45) is 1.47. The Bertz CT molecular complexity index is 530. The van der Waals surface area contributed by atoms with Crippen LogP contribution in [0, 0.1) is 0 Å². The molecule has 6 heteroatoms. The topological polar surface area (TPSA) is 77.5 Å². The molecule has 1 aromatic carbocycles. The third-order valence-corrected chi connectivity index (χ3v) is 3.01. The lowest BCUT2D eigenvalue weighted by Gasteiger charge is -2.04. The average Bonchev–Trinajstić information content (AvgIpc) is 2.26. The molecule has 0 saturated carbocycles. The molecular formula is C10H10O5S. The van der Waals surface area contributed by atoms with Crippen LogP contribution in [0.25, 0.3) is 0 Å². The monoisotopic (exact) mass is 242 g/mol. The molecule has 0 bridgehead atoms. The molecule has 0 spiro atoms. The first-order valence-electron chi connectivity index (χ1n) is 4.27. The first-order valence-corrected chi connectivity index (χ1v) is 6.16. The van der Waals surface area contributed by atoms with Gasteiger partial charge < -0.3 is 4.74 Å². The van der Waals surface area contributed by atoms with E-state index in [1.165, 1.54) is 25.3 Å². The van der Waals surface area contributed by atoms with Gasteiger partial charge in [-0.2, -0.15) is 0 Å². The van der Waals surface area contributed by atoms with E-state index in [4.69, 9.17) is 0 Å². The number of esters is 1. The summed E-state index contributed by atoms with van der Waals surface area (Å²) in [5.74, 6) is -0.686. The van der Waals surface area contributed by atoms with Gasteiger partial charge >= 0.3 is 5.97 Å². The van der Waals surface area contributed by atoms with Crippen LogP contribution >= 0.6 is 0 Å². The highest BCUT2D eigenvalue weighted by molar-refractivity contribution is 7.90. The van der Waals surface area contributed by atoms with E-state index in [0.717, 1.165) is 6.26 Å². The van der Waals surface area contributed by atoms with E-state index < -0.39 is 15.8 Å². The predicted molar refractivity (Wildman–Crippen MR) is 56.3 cm³/mol. The number of hydrogen-bond acceptors (Lipinski definition) is 5. The van der Waals surface area contributed by atoms with Gasteiger partial charge in [-0.15, -0.1) is 0 Å². The molecule has 0 aromatic heterocycles. The largest absolute Gasteiger partial charge is 0.465 e. The number of sulfone groups is 1. The van der Waals surface area contributed by atoms with Gasteiger partial charge in [0.25, 0.3) is 0 Å². The number of hydrogen-bond donors (Lipinski definition) is 0. The van der Waals surface area contributed by atoms with Gasteiger partial charge in [0.05, 0.1) is 17.6 Å². The summed E-state index contributed by atoms with van der Waals surface area (Å²) < 4.78 is 27.0. The second kappa shape index (κ2) is 4.44. The van der Waals surface area contributed by atoms with Crippen molar-refractivity contribution in [3.8, 4) is 0 Å². The molecule has 86 valence electrons. The number of aldehydes is 1. The normalized spacial score (nSPS) is 10.9. The zero-order chi connectivity index (χ0) is 12.3. The third kappa shape index (κ3) is 2.66. The fourth-order valence-electron chi connectivity index (χ4n) is 1.14. The summed E-state index contributed by atoms with van der Waals surface area (Å²) in [6, 6.07) is 3.65. The Morgan fingerprint density at radius 2 is 1.94 bits per heavy atom. The molecule has 5 nitrogen and oxygen atoms in total. The van der Waals surface area contributed by atoms with Crippen LogP contribution < -0.4 is 0 Å². The zero-order valence-corrected chi connectivity index (χ0v) is 9.58. The Morgan fingerprint density at radius 1 is 1.31 bits per heavy atom. The van der Waals surface area contributed by atoms with Crippen molar-refractivity contribution in [2.24, 2.45) is 0 Å². The highest BCUT2D eigenvalue weighted by Gasteiger charge is 2.14. The first kappa shape index (κ1) is 12.4. The van der Waals surface area contributed by atoms with Crippen molar-refractivity contribution in [2.75, 3.05) is 13.4 Å². The smallest absolute Gasteiger partial charge is 0.337 e. The second-order valence-electron chi connectivity index (χ2n) is 3.17. The summed E-state index contributed by atoms with van der Waals surface area (Å²) in [5.41, 5.74) is 0.149. The zero-order valence-electron chi connectivity index (χ0n) is 8.76. The average molecular weight is 242 g/mol. The predicted octanol–water partition coefficient (Wildman–Crippen LogP) is 0.689. The molecule has 0 radical (unpaired) electrons. The van der Waals surface area contributed by atoms with Crippen LogP contribution in [-0.4, -0.2) is 34.0 Å². The fourth-order valence-corrected chi connectivity index (χ4v) is 1.83. The van der Waals surface area contributed by atoms with Gasteiger partial charge in [0.15, 0.2) is 9.84 Å². The van der Waals surface area contributed by atoms with Crippen LogP contribution in [0.3, 0.4) is 0 Å². The van der Waals surface area contributed by atoms with E-state index in [0.29, 0.717) is 6.29 Å². The Hall–Kier alpha value is -1.69. The van der Waals surface area contributed by atoms with Crippen molar-refractivity contribution in [1.29, 1.82) is 0 Å². The SMILES string of the molecule is COC(=O)c1cc(C=O)cc(S(C)(=O)=O)c1. The van der Waals surface area contributed by atoms with Crippen molar-refractivity contribution < 1.29 is 22.7 Å². The summed E-state index contributed by atoms with van der Waals surface area (Å²) in [4.78, 5) is 21.7. The number of ether oxygens (including phenoxy) is 1. The molecule has 0 N–H and O–H groups in total. The van der Waals surface area contributed by atoms with Crippen LogP contribution in [0.1, 0.15) is 20.7 Å². The summed E-state index contributed by atoms with van der Waals surface area (Å²) in [6.45, 7) is 0. The lowest BCUT2D eigenvalue weighted by molar-refractivity contribution is 0.0600. The minimum absolute atomic E-state index is 0.0347. The maximum absolute atomic E-state index is 11.3. The van der Waals surface area contributed by atoms with E-state index in [1.54, 1.807) is 0 Å². The Morgan fingerprint density at radius 3 is 2.38 bits per heavy atom. The number of carbonyl (C=O) groups excluding carboxylic acids is 2. The van der Waals surface area contributed by atoms with Crippen LogP contribution in [0.5, 0.6) is 0 Å². The third-order valence-electron chi connectivity index (χ3n) is 1.91. The highest BCUT2D eigenvalue weighted by atomic mass is 32.2. The molecule has 0 aliphatic rings. The Kier molecular flexibility index (Phi) is 3.44. The van der Waals surface area contributed by atoms with Crippen LogP contribution in [-0.2, 0) is 14.6 Å². The number of benzene rings is 1. The summed E-state index contributed by atoms with van der Waals surface area (Å²) in [7, 11) is -2.29. The van der Waals surface area contributed by atoms with Crippen LogP contribution in [0.4, 0.5) is 0 Å². The quantitative estimate of drug-likeness (QED) is 0.575. The van der Waals surface area contributed by atoms with Crippen LogP contribution in [0.2, 0.25) is 0 Å². The first-order chi connectivity index (χ1) is 7.38. The van der Waals surface area contributed by atoms with Gasteiger partial charge in [-0.3, -0.25) is 4.79 Å². The van der Waals surface area contributed by atoms with Crippen molar-refractivity contribution in [2.45, 2.75) is 4.90 Å². The van der Waals surface area contributed by atoms with Crippen molar-refractivity contribution >= 4 is 22.1 Å². The lowest BCUT2D eigenvalue weighted by atomic mass is 10.1. The summed E-state index contributed by atoms with van der Waals surface area (Å²) in [5, 5.41) is 0. The van der Waals surface area contributed by atoms with Gasteiger partial charge in [0.1, 0.15) is 6.29 Å². The van der Waals surface area contributed by atoms with E-state index in [1.807, 2.05) is 0 Å². The maximum Gasteiger partial charge on any atom is 0.337 e. The molecule has 0 unspecified atom stereocenters. The van der Waals surface area contributed by atoms with Crippen molar-refractivity contribution in [3.63, 3.8) is 0 Å². The van der Waals surface area contributed by atoms with Gasteiger partial charge in [0, 0.05) is 11.8 Å². The van der Waals surface area contributed by atoms with E-state index in [9.17, 15) is 18.0 Å². The second-order valence-corrected chi connectivity index (χ2v) is 5.19. The molecule has 0 amide bonds. The van der Waals surface area contributed by atoms with Gasteiger partial charge in [-0.25, -0.2) is 13.2 Å². The number of rotatable bonds is 3.